The Morgan fingerprint density at radius 3 is 2.53 bits per heavy atom. The number of nitrogen functional groups attached to an aromatic ring is 1. The molecule has 0 amide bonds. The van der Waals surface area contributed by atoms with Crippen molar-refractivity contribution in [3.63, 3.8) is 0 Å². The van der Waals surface area contributed by atoms with Gasteiger partial charge in [0.2, 0.25) is 0 Å². The molecule has 1 saturated carbocycles. The predicted octanol–water partition coefficient (Wildman–Crippen LogP) is 1.57. The van der Waals surface area contributed by atoms with Gasteiger partial charge in [-0.3, -0.25) is 4.90 Å². The zero-order chi connectivity index (χ0) is 11.8. The topological polar surface area (TPSA) is 45.4 Å². The zero-order valence-corrected chi connectivity index (χ0v) is 11.2. The van der Waals surface area contributed by atoms with Crippen LogP contribution in [0.25, 0.3) is 0 Å². The van der Waals surface area contributed by atoms with Gasteiger partial charge in [-0.05, 0) is 37.2 Å². The molecule has 0 aromatic carbocycles. The molecular weight excluding hydrogens is 232 g/mol. The molecule has 0 spiro atoms. The third-order valence-corrected chi connectivity index (χ3v) is 4.83. The van der Waals surface area contributed by atoms with E-state index in [1.807, 2.05) is 0 Å². The summed E-state index contributed by atoms with van der Waals surface area (Å²) in [6.45, 7) is 8.01. The first-order chi connectivity index (χ1) is 8.24. The van der Waals surface area contributed by atoms with Gasteiger partial charge in [0.15, 0.2) is 0 Å². The lowest BCUT2D eigenvalue weighted by molar-refractivity contribution is 0.248. The lowest BCUT2D eigenvalue weighted by Gasteiger charge is -2.35. The van der Waals surface area contributed by atoms with E-state index in [0.717, 1.165) is 24.6 Å². The van der Waals surface area contributed by atoms with E-state index in [-0.39, 0.29) is 0 Å². The van der Waals surface area contributed by atoms with Crippen LogP contribution in [0.5, 0.6) is 0 Å². The Bertz CT molecular complexity index is 391. The van der Waals surface area contributed by atoms with E-state index in [2.05, 4.69) is 21.1 Å². The largest absolute Gasteiger partial charge is 0.383 e. The summed E-state index contributed by atoms with van der Waals surface area (Å²) >= 11 is 1.54. The van der Waals surface area contributed by atoms with Crippen LogP contribution >= 0.6 is 11.5 Å². The molecule has 1 aliphatic heterocycles. The SMILES string of the molecule is Cc1c(N)nsc1N1CCN(CC2CC2)CC1. The summed E-state index contributed by atoms with van der Waals surface area (Å²) in [6.07, 6.45) is 2.90. The Balaban J connectivity index is 1.58. The maximum absolute atomic E-state index is 5.81. The molecule has 2 N–H and O–H groups in total. The van der Waals surface area contributed by atoms with Crippen LogP contribution in [0.2, 0.25) is 0 Å². The molecule has 0 atom stereocenters. The second-order valence-electron chi connectivity index (χ2n) is 5.23. The molecule has 1 aromatic rings. The van der Waals surface area contributed by atoms with Crippen LogP contribution in [0.1, 0.15) is 18.4 Å². The second kappa shape index (κ2) is 4.46. The molecule has 0 unspecified atom stereocenters. The first-order valence-electron chi connectivity index (χ1n) is 6.43. The normalized spacial score (nSPS) is 22.1. The minimum atomic E-state index is 0.699. The summed E-state index contributed by atoms with van der Waals surface area (Å²) in [5, 5.41) is 1.27. The molecule has 2 fully saturated rings. The average molecular weight is 252 g/mol. The summed E-state index contributed by atoms with van der Waals surface area (Å²) in [5.74, 6) is 1.70. The average Bonchev–Trinajstić information content (AvgIpc) is 3.09. The fourth-order valence-electron chi connectivity index (χ4n) is 2.43. The van der Waals surface area contributed by atoms with Gasteiger partial charge in [-0.25, -0.2) is 0 Å². The minimum Gasteiger partial charge on any atom is -0.383 e. The molecule has 2 aliphatic rings. The van der Waals surface area contributed by atoms with E-state index in [0.29, 0.717) is 5.82 Å². The molecule has 94 valence electrons. The summed E-state index contributed by atoms with van der Waals surface area (Å²) in [7, 11) is 0. The Morgan fingerprint density at radius 1 is 1.29 bits per heavy atom. The number of piperazine rings is 1. The van der Waals surface area contributed by atoms with Crippen LogP contribution in [0, 0.1) is 12.8 Å². The number of anilines is 2. The van der Waals surface area contributed by atoms with Gasteiger partial charge in [0, 0.05) is 38.3 Å². The van der Waals surface area contributed by atoms with E-state index >= 15 is 0 Å². The number of rotatable bonds is 3. The Labute approximate surface area is 107 Å². The van der Waals surface area contributed by atoms with E-state index in [9.17, 15) is 0 Å². The molecule has 4 nitrogen and oxygen atoms in total. The van der Waals surface area contributed by atoms with E-state index in [4.69, 9.17) is 5.73 Å². The van der Waals surface area contributed by atoms with E-state index < -0.39 is 0 Å². The first kappa shape index (κ1) is 11.3. The number of hydrogen-bond donors (Lipinski definition) is 1. The van der Waals surface area contributed by atoms with Crippen molar-refractivity contribution >= 4 is 22.4 Å². The van der Waals surface area contributed by atoms with Crippen molar-refractivity contribution in [2.75, 3.05) is 43.4 Å². The van der Waals surface area contributed by atoms with Gasteiger partial charge in [0.05, 0.1) is 0 Å². The number of hydrogen-bond acceptors (Lipinski definition) is 5. The van der Waals surface area contributed by atoms with Crippen molar-refractivity contribution in [2.45, 2.75) is 19.8 Å². The molecule has 1 aliphatic carbocycles. The quantitative estimate of drug-likeness (QED) is 0.887. The summed E-state index contributed by atoms with van der Waals surface area (Å²) in [6, 6.07) is 0. The third-order valence-electron chi connectivity index (χ3n) is 3.81. The first-order valence-corrected chi connectivity index (χ1v) is 7.20. The smallest absolute Gasteiger partial charge is 0.142 e. The summed E-state index contributed by atoms with van der Waals surface area (Å²) in [4.78, 5) is 5.04. The van der Waals surface area contributed by atoms with Crippen LogP contribution in [0.4, 0.5) is 10.8 Å². The molecule has 3 rings (SSSR count). The van der Waals surface area contributed by atoms with Gasteiger partial charge < -0.3 is 10.6 Å². The predicted molar refractivity (Wildman–Crippen MR) is 72.6 cm³/mol. The lowest BCUT2D eigenvalue weighted by atomic mass is 10.2. The van der Waals surface area contributed by atoms with Gasteiger partial charge in [-0.2, -0.15) is 4.37 Å². The number of nitrogens with two attached hydrogens (primary N) is 1. The fraction of sp³-hybridized carbons (Fsp3) is 0.750. The van der Waals surface area contributed by atoms with Gasteiger partial charge in [0.25, 0.3) is 0 Å². The van der Waals surface area contributed by atoms with Crippen molar-refractivity contribution in [3.05, 3.63) is 5.56 Å². The monoisotopic (exact) mass is 252 g/mol. The number of aromatic nitrogens is 1. The van der Waals surface area contributed by atoms with Crippen molar-refractivity contribution in [2.24, 2.45) is 5.92 Å². The Kier molecular flexibility index (Phi) is 2.96. The van der Waals surface area contributed by atoms with Crippen molar-refractivity contribution in [1.82, 2.24) is 9.27 Å². The lowest BCUT2D eigenvalue weighted by Crippen LogP contribution is -2.46. The molecule has 0 bridgehead atoms. The minimum absolute atomic E-state index is 0.699. The van der Waals surface area contributed by atoms with E-state index in [1.165, 1.54) is 37.5 Å². The zero-order valence-electron chi connectivity index (χ0n) is 10.4. The van der Waals surface area contributed by atoms with Gasteiger partial charge >= 0.3 is 0 Å². The van der Waals surface area contributed by atoms with Crippen LogP contribution in [0.3, 0.4) is 0 Å². The maximum Gasteiger partial charge on any atom is 0.142 e. The summed E-state index contributed by atoms with van der Waals surface area (Å²) in [5.41, 5.74) is 6.97. The van der Waals surface area contributed by atoms with Gasteiger partial charge in [-0.15, -0.1) is 0 Å². The molecule has 0 radical (unpaired) electrons. The highest BCUT2D eigenvalue weighted by Gasteiger charge is 2.27. The highest BCUT2D eigenvalue weighted by molar-refractivity contribution is 7.10. The van der Waals surface area contributed by atoms with Crippen molar-refractivity contribution in [1.29, 1.82) is 0 Å². The molecule has 17 heavy (non-hydrogen) atoms. The number of nitrogens with zero attached hydrogens (tertiary/aromatic N) is 3. The third kappa shape index (κ3) is 2.40. The fourth-order valence-corrected chi connectivity index (χ4v) is 3.29. The highest BCUT2D eigenvalue weighted by Crippen LogP contribution is 2.32. The van der Waals surface area contributed by atoms with Gasteiger partial charge in [0.1, 0.15) is 10.8 Å². The van der Waals surface area contributed by atoms with Crippen molar-refractivity contribution in [3.8, 4) is 0 Å². The van der Waals surface area contributed by atoms with Crippen LogP contribution in [0.15, 0.2) is 0 Å². The maximum atomic E-state index is 5.81. The van der Waals surface area contributed by atoms with E-state index in [1.54, 1.807) is 11.5 Å². The van der Waals surface area contributed by atoms with Gasteiger partial charge in [-0.1, -0.05) is 0 Å². The van der Waals surface area contributed by atoms with Crippen LogP contribution < -0.4 is 10.6 Å². The molecule has 5 heteroatoms. The standard InChI is InChI=1S/C12H20N4S/c1-9-11(13)14-17-12(9)16-6-4-15(5-7-16)8-10-2-3-10/h10H,2-8H2,1H3,(H2,13,14). The summed E-state index contributed by atoms with van der Waals surface area (Å²) < 4.78 is 4.23. The highest BCUT2D eigenvalue weighted by atomic mass is 32.1. The molecule has 1 saturated heterocycles. The second-order valence-corrected chi connectivity index (χ2v) is 5.98. The Morgan fingerprint density at radius 2 is 2.00 bits per heavy atom. The van der Waals surface area contributed by atoms with Crippen molar-refractivity contribution < 1.29 is 0 Å². The molecule has 2 heterocycles. The molecular formula is C12H20N4S. The Hall–Kier alpha value is -0.810. The molecule has 1 aromatic heterocycles. The van der Waals surface area contributed by atoms with Crippen LogP contribution in [-0.2, 0) is 0 Å². The van der Waals surface area contributed by atoms with Crippen LogP contribution in [-0.4, -0.2) is 42.0 Å².